The van der Waals surface area contributed by atoms with Gasteiger partial charge in [0.15, 0.2) is 23.0 Å². The van der Waals surface area contributed by atoms with Gasteiger partial charge in [-0.05, 0) is 25.8 Å². The van der Waals surface area contributed by atoms with E-state index in [0.29, 0.717) is 52.5 Å². The Balaban J connectivity index is 1.43. The van der Waals surface area contributed by atoms with Crippen LogP contribution < -0.4 is 20.1 Å². The summed E-state index contributed by atoms with van der Waals surface area (Å²) in [7, 11) is 3.41. The van der Waals surface area contributed by atoms with Crippen molar-refractivity contribution in [2.75, 3.05) is 17.7 Å². The van der Waals surface area contributed by atoms with Crippen molar-refractivity contribution in [3.05, 3.63) is 36.3 Å². The predicted octanol–water partition coefficient (Wildman–Crippen LogP) is 4.13. The zero-order valence-electron chi connectivity index (χ0n) is 23.0. The summed E-state index contributed by atoms with van der Waals surface area (Å²) in [5.41, 5.74) is 1.92. The van der Waals surface area contributed by atoms with E-state index in [2.05, 4.69) is 51.5 Å². The van der Waals surface area contributed by atoms with Gasteiger partial charge in [0, 0.05) is 42.4 Å². The van der Waals surface area contributed by atoms with Crippen LogP contribution in [0.2, 0.25) is 0 Å². The molecule has 39 heavy (non-hydrogen) atoms. The van der Waals surface area contributed by atoms with Crippen LogP contribution in [0.15, 0.2) is 30.6 Å². The van der Waals surface area contributed by atoms with Crippen molar-refractivity contribution < 1.29 is 19.4 Å². The monoisotopic (exact) mass is 534 g/mol. The molecule has 12 nitrogen and oxygen atoms in total. The first-order valence-electron chi connectivity index (χ1n) is 12.9. The Morgan fingerprint density at radius 2 is 2.00 bits per heavy atom. The number of rotatable bonds is 9. The second-order valence-electron chi connectivity index (χ2n) is 10.9. The lowest BCUT2D eigenvalue weighted by atomic mass is 9.92. The number of ether oxygens (including phenoxy) is 2. The van der Waals surface area contributed by atoms with E-state index in [0.717, 1.165) is 18.5 Å². The van der Waals surface area contributed by atoms with Crippen molar-refractivity contribution >= 4 is 34.7 Å². The zero-order valence-corrected chi connectivity index (χ0v) is 23.0. The molecular weight excluding hydrogens is 500 g/mol. The topological polar surface area (TPSA) is 141 Å². The third-order valence-electron chi connectivity index (χ3n) is 6.41. The number of pyridine rings is 2. The molecule has 5 rings (SSSR count). The van der Waals surface area contributed by atoms with Gasteiger partial charge in [0.2, 0.25) is 11.9 Å². The highest BCUT2D eigenvalue weighted by Crippen LogP contribution is 2.38. The van der Waals surface area contributed by atoms with Gasteiger partial charge in [0.05, 0.1) is 26.0 Å². The van der Waals surface area contributed by atoms with Crippen LogP contribution in [0.1, 0.15) is 46.2 Å². The maximum atomic E-state index is 12.1. The normalized spacial score (nSPS) is 14.3. The highest BCUT2D eigenvalue weighted by Gasteiger charge is 2.30. The Morgan fingerprint density at radius 3 is 2.67 bits per heavy atom. The van der Waals surface area contributed by atoms with Crippen LogP contribution >= 0.6 is 0 Å². The molecular formula is C27H34N8O4. The van der Waals surface area contributed by atoms with Crippen molar-refractivity contribution in [1.29, 1.82) is 0 Å². The van der Waals surface area contributed by atoms with Crippen LogP contribution in [0.3, 0.4) is 0 Å². The minimum absolute atomic E-state index is 0.0273. The number of aliphatic hydroxyl groups is 1. The SMILES string of the molecule is COc1c(Oc2ccnc(NC(=O)C3CC3)c2)cnc2nc(Nc3cc(C(C)(C)C)n(C[C@H](C)O)n3)n(C)c12. The highest BCUT2D eigenvalue weighted by atomic mass is 16.5. The number of imidazole rings is 1. The molecule has 0 spiro atoms. The first-order chi connectivity index (χ1) is 18.5. The Labute approximate surface area is 226 Å². The fourth-order valence-corrected chi connectivity index (χ4v) is 4.33. The number of nitrogens with zero attached hydrogens (tertiary/aromatic N) is 6. The molecule has 4 aromatic rings. The van der Waals surface area contributed by atoms with Crippen LogP contribution in [-0.2, 0) is 23.8 Å². The molecule has 1 aliphatic rings. The first kappa shape index (κ1) is 26.4. The van der Waals surface area contributed by atoms with E-state index in [9.17, 15) is 9.90 Å². The van der Waals surface area contributed by atoms with Crippen LogP contribution in [0, 0.1) is 5.92 Å². The number of aryl methyl sites for hydroxylation is 1. The molecule has 0 bridgehead atoms. The number of hydrogen-bond acceptors (Lipinski definition) is 9. The van der Waals surface area contributed by atoms with Crippen LogP contribution in [0.5, 0.6) is 17.2 Å². The lowest BCUT2D eigenvalue weighted by Crippen LogP contribution is -2.22. The van der Waals surface area contributed by atoms with E-state index < -0.39 is 6.10 Å². The summed E-state index contributed by atoms with van der Waals surface area (Å²) in [5.74, 6) is 2.92. The molecule has 1 atom stereocenters. The van der Waals surface area contributed by atoms with Gasteiger partial charge in [0.1, 0.15) is 17.1 Å². The molecule has 1 aliphatic carbocycles. The minimum atomic E-state index is -0.535. The molecule has 3 N–H and O–H groups in total. The second kappa shape index (κ2) is 10.2. The van der Waals surface area contributed by atoms with Crippen molar-refractivity contribution in [2.45, 2.75) is 58.6 Å². The standard InChI is InChI=1S/C27H34N8O4/c1-15(36)14-35-19(27(2,3)4)12-21(33-35)31-26-32-24-22(34(26)5)23(38-6)18(13-29-24)39-17-9-10-28-20(11-17)30-25(37)16-7-8-16/h9-13,15-16,36H,7-8,14H2,1-6H3,(H,28,30,37)(H,29,31,32,33)/t15-/m0/s1. The van der Waals surface area contributed by atoms with Gasteiger partial charge in [-0.2, -0.15) is 10.1 Å². The number of amides is 1. The van der Waals surface area contributed by atoms with E-state index in [-0.39, 0.29) is 17.2 Å². The fourth-order valence-electron chi connectivity index (χ4n) is 4.33. The van der Waals surface area contributed by atoms with Crippen LogP contribution in [-0.4, -0.2) is 53.5 Å². The number of hydrogen-bond donors (Lipinski definition) is 3. The predicted molar refractivity (Wildman–Crippen MR) is 147 cm³/mol. The van der Waals surface area contributed by atoms with E-state index in [1.807, 2.05) is 22.4 Å². The molecule has 206 valence electrons. The summed E-state index contributed by atoms with van der Waals surface area (Å²) in [6.07, 6.45) is 4.41. The van der Waals surface area contributed by atoms with Crippen LogP contribution in [0.25, 0.3) is 11.2 Å². The maximum absolute atomic E-state index is 12.1. The summed E-state index contributed by atoms with van der Waals surface area (Å²) in [5, 5.41) is 20.7. The summed E-state index contributed by atoms with van der Waals surface area (Å²) in [6, 6.07) is 5.32. The average molecular weight is 535 g/mol. The van der Waals surface area contributed by atoms with Gasteiger partial charge in [0.25, 0.3) is 0 Å². The summed E-state index contributed by atoms with van der Waals surface area (Å²) < 4.78 is 15.5. The molecule has 1 amide bonds. The van der Waals surface area contributed by atoms with E-state index >= 15 is 0 Å². The highest BCUT2D eigenvalue weighted by molar-refractivity contribution is 5.93. The molecule has 0 saturated heterocycles. The van der Waals surface area contributed by atoms with Gasteiger partial charge in [-0.15, -0.1) is 0 Å². The number of aromatic nitrogens is 6. The Bertz CT molecular complexity index is 1510. The van der Waals surface area contributed by atoms with Crippen molar-refractivity contribution in [1.82, 2.24) is 29.3 Å². The van der Waals surface area contributed by atoms with Crippen molar-refractivity contribution in [2.24, 2.45) is 13.0 Å². The number of aliphatic hydroxyl groups excluding tert-OH is 1. The van der Waals surface area contributed by atoms with Crippen LogP contribution in [0.4, 0.5) is 17.6 Å². The molecule has 0 radical (unpaired) electrons. The molecule has 0 unspecified atom stereocenters. The molecule has 0 aliphatic heterocycles. The van der Waals surface area contributed by atoms with Gasteiger partial charge >= 0.3 is 0 Å². The summed E-state index contributed by atoms with van der Waals surface area (Å²) in [4.78, 5) is 25.5. The third-order valence-corrected chi connectivity index (χ3v) is 6.41. The number of methoxy groups -OCH3 is 1. The number of fused-ring (bicyclic) bond motifs is 1. The molecule has 4 heterocycles. The number of carbonyl (C=O) groups excluding carboxylic acids is 1. The Morgan fingerprint density at radius 1 is 1.23 bits per heavy atom. The summed E-state index contributed by atoms with van der Waals surface area (Å²) >= 11 is 0. The van der Waals surface area contributed by atoms with Gasteiger partial charge in [-0.25, -0.2) is 9.97 Å². The van der Waals surface area contributed by atoms with E-state index in [4.69, 9.17) is 9.47 Å². The first-order valence-corrected chi connectivity index (χ1v) is 12.9. The zero-order chi connectivity index (χ0) is 27.9. The Kier molecular flexibility index (Phi) is 6.89. The maximum Gasteiger partial charge on any atom is 0.228 e. The third kappa shape index (κ3) is 5.65. The molecule has 1 fully saturated rings. The quantitative estimate of drug-likeness (QED) is 0.289. The number of carbonyl (C=O) groups is 1. The largest absolute Gasteiger partial charge is 0.491 e. The van der Waals surface area contributed by atoms with Crippen molar-refractivity contribution in [3.8, 4) is 17.2 Å². The van der Waals surface area contributed by atoms with E-state index in [1.54, 1.807) is 38.6 Å². The second-order valence-corrected chi connectivity index (χ2v) is 10.9. The number of anilines is 3. The summed E-state index contributed by atoms with van der Waals surface area (Å²) in [6.45, 7) is 8.43. The lowest BCUT2D eigenvalue weighted by Gasteiger charge is -2.20. The van der Waals surface area contributed by atoms with Crippen molar-refractivity contribution in [3.63, 3.8) is 0 Å². The molecule has 0 aromatic carbocycles. The molecule has 4 aromatic heterocycles. The fraction of sp³-hybridized carbons (Fsp3) is 0.444. The van der Waals surface area contributed by atoms with E-state index in [1.165, 1.54) is 0 Å². The smallest absolute Gasteiger partial charge is 0.228 e. The van der Waals surface area contributed by atoms with Gasteiger partial charge < -0.3 is 29.8 Å². The Hall–Kier alpha value is -4.19. The lowest BCUT2D eigenvalue weighted by molar-refractivity contribution is -0.117. The molecule has 12 heteroatoms. The minimum Gasteiger partial charge on any atom is -0.491 e. The van der Waals surface area contributed by atoms with Gasteiger partial charge in [-0.3, -0.25) is 9.48 Å². The molecule has 1 saturated carbocycles. The van der Waals surface area contributed by atoms with Gasteiger partial charge in [-0.1, -0.05) is 20.8 Å². The average Bonchev–Trinajstić information content (AvgIpc) is 3.57. The number of nitrogens with one attached hydrogen (secondary N) is 2.